The van der Waals surface area contributed by atoms with Gasteiger partial charge in [0.05, 0.1) is 29.3 Å². The van der Waals surface area contributed by atoms with Crippen LogP contribution < -0.4 is 11.2 Å². The fourth-order valence-electron chi connectivity index (χ4n) is 4.16. The topological polar surface area (TPSA) is 111 Å². The van der Waals surface area contributed by atoms with Crippen molar-refractivity contribution in [3.63, 3.8) is 0 Å². The fraction of sp³-hybridized carbons (Fsp3) is 0.607. The van der Waals surface area contributed by atoms with Gasteiger partial charge in [0.15, 0.2) is 16.6 Å². The zero-order valence-electron chi connectivity index (χ0n) is 25.0. The number of aromatic nitrogens is 4. The van der Waals surface area contributed by atoms with Crippen LogP contribution in [0.25, 0.3) is 22.4 Å². The molecule has 3 heterocycles. The number of aromatic amines is 2. The van der Waals surface area contributed by atoms with Gasteiger partial charge in [0, 0.05) is 12.6 Å². The summed E-state index contributed by atoms with van der Waals surface area (Å²) in [5, 5.41) is 0.0668. The molecule has 11 heteroatoms. The summed E-state index contributed by atoms with van der Waals surface area (Å²) >= 11 is 0. The van der Waals surface area contributed by atoms with E-state index in [0.29, 0.717) is 18.9 Å². The van der Waals surface area contributed by atoms with Gasteiger partial charge in [0.25, 0.3) is 5.56 Å². The van der Waals surface area contributed by atoms with E-state index in [1.54, 1.807) is 6.20 Å². The molecule has 39 heavy (non-hydrogen) atoms. The van der Waals surface area contributed by atoms with E-state index in [9.17, 15) is 9.59 Å². The van der Waals surface area contributed by atoms with Crippen molar-refractivity contribution in [1.29, 1.82) is 0 Å². The highest BCUT2D eigenvalue weighted by Gasteiger charge is 2.46. The monoisotopic (exact) mass is 572 g/mol. The first kappa shape index (κ1) is 29.7. The SMILES string of the molecule is CC(C)(C)[Si](C)(C)OC[C@H]1O[C@@H](n2cc(-c3nc4ccccc4[nH]3)c(=O)[nH]c2=O)C[C@@H]1O[Si](C)(C)C(C)(C)C. The van der Waals surface area contributed by atoms with Crippen molar-refractivity contribution >= 4 is 27.7 Å². The molecular weight excluding hydrogens is 529 g/mol. The van der Waals surface area contributed by atoms with Crippen molar-refractivity contribution in [3.05, 3.63) is 51.3 Å². The minimum absolute atomic E-state index is 0.0131. The number of H-pyrrole nitrogens is 2. The number of fused-ring (bicyclic) bond motifs is 1. The van der Waals surface area contributed by atoms with E-state index >= 15 is 0 Å². The van der Waals surface area contributed by atoms with Crippen LogP contribution in [0, 0.1) is 0 Å². The number of benzene rings is 1. The number of imidazole rings is 1. The van der Waals surface area contributed by atoms with Crippen molar-refractivity contribution in [2.45, 2.75) is 103 Å². The molecule has 1 aromatic carbocycles. The lowest BCUT2D eigenvalue weighted by atomic mass is 10.2. The third-order valence-corrected chi connectivity index (χ3v) is 17.8. The predicted molar refractivity (Wildman–Crippen MR) is 160 cm³/mol. The number of nitrogens with one attached hydrogen (secondary N) is 2. The molecule has 0 spiro atoms. The molecule has 2 N–H and O–H groups in total. The third kappa shape index (κ3) is 6.07. The Labute approximate surface area is 232 Å². The van der Waals surface area contributed by atoms with Crippen molar-refractivity contribution in [2.24, 2.45) is 0 Å². The number of ether oxygens (including phenoxy) is 1. The smallest absolute Gasteiger partial charge is 0.330 e. The number of hydrogen-bond donors (Lipinski definition) is 2. The second-order valence-corrected chi connectivity index (χ2v) is 23.2. The number of para-hydroxylation sites is 2. The Morgan fingerprint density at radius 1 is 1.00 bits per heavy atom. The van der Waals surface area contributed by atoms with Gasteiger partial charge >= 0.3 is 5.69 Å². The first-order valence-corrected chi connectivity index (χ1v) is 19.5. The van der Waals surface area contributed by atoms with Crippen LogP contribution in [-0.2, 0) is 13.6 Å². The van der Waals surface area contributed by atoms with Gasteiger partial charge in [-0.25, -0.2) is 9.78 Å². The normalized spacial score (nSPS) is 21.1. The van der Waals surface area contributed by atoms with Gasteiger partial charge in [0.2, 0.25) is 0 Å². The van der Waals surface area contributed by atoms with E-state index in [4.69, 9.17) is 13.6 Å². The Morgan fingerprint density at radius 3 is 2.26 bits per heavy atom. The molecule has 0 unspecified atom stereocenters. The van der Waals surface area contributed by atoms with Crippen molar-refractivity contribution in [2.75, 3.05) is 6.61 Å². The first-order valence-electron chi connectivity index (χ1n) is 13.7. The Kier molecular flexibility index (Phi) is 7.80. The highest BCUT2D eigenvalue weighted by Crippen LogP contribution is 2.42. The predicted octanol–water partition coefficient (Wildman–Crippen LogP) is 5.78. The molecule has 4 rings (SSSR count). The quantitative estimate of drug-likeness (QED) is 0.347. The summed E-state index contributed by atoms with van der Waals surface area (Å²) in [4.78, 5) is 36.0. The molecule has 1 aliphatic rings. The van der Waals surface area contributed by atoms with Crippen LogP contribution in [0.15, 0.2) is 40.1 Å². The largest absolute Gasteiger partial charge is 0.414 e. The Morgan fingerprint density at radius 2 is 1.64 bits per heavy atom. The third-order valence-electron chi connectivity index (χ3n) is 8.77. The number of nitrogens with zero attached hydrogens (tertiary/aromatic N) is 2. The molecular formula is C28H44N4O5Si2. The van der Waals surface area contributed by atoms with Crippen LogP contribution >= 0.6 is 0 Å². The summed E-state index contributed by atoms with van der Waals surface area (Å²) in [5.41, 5.74) is 0.805. The van der Waals surface area contributed by atoms with Gasteiger partial charge in [-0.05, 0) is 48.4 Å². The molecule has 1 fully saturated rings. The molecule has 0 radical (unpaired) electrons. The van der Waals surface area contributed by atoms with Crippen molar-refractivity contribution in [1.82, 2.24) is 19.5 Å². The van der Waals surface area contributed by atoms with Gasteiger partial charge in [-0.1, -0.05) is 53.7 Å². The molecule has 0 aliphatic carbocycles. The molecule has 0 saturated carbocycles. The zero-order valence-corrected chi connectivity index (χ0v) is 27.0. The van der Waals surface area contributed by atoms with E-state index in [1.165, 1.54) is 4.57 Å². The van der Waals surface area contributed by atoms with Gasteiger partial charge in [-0.2, -0.15) is 0 Å². The molecule has 214 valence electrons. The summed E-state index contributed by atoms with van der Waals surface area (Å²) in [7, 11) is -4.18. The molecule has 0 amide bonds. The zero-order chi connectivity index (χ0) is 29.0. The van der Waals surface area contributed by atoms with Crippen molar-refractivity contribution in [3.8, 4) is 11.4 Å². The Balaban J connectivity index is 1.67. The van der Waals surface area contributed by atoms with Crippen LogP contribution in [-0.4, -0.2) is 55.0 Å². The van der Waals surface area contributed by atoms with Gasteiger partial charge < -0.3 is 18.6 Å². The number of rotatable bonds is 7. The molecule has 1 saturated heterocycles. The fourth-order valence-corrected chi connectivity index (χ4v) is 6.53. The van der Waals surface area contributed by atoms with E-state index in [1.807, 2.05) is 24.3 Å². The van der Waals surface area contributed by atoms with Gasteiger partial charge in [0.1, 0.15) is 18.2 Å². The van der Waals surface area contributed by atoms with Crippen LogP contribution in [0.1, 0.15) is 54.2 Å². The maximum atomic E-state index is 13.0. The second kappa shape index (κ2) is 10.3. The molecule has 1 aliphatic heterocycles. The maximum absolute atomic E-state index is 13.0. The maximum Gasteiger partial charge on any atom is 0.330 e. The lowest BCUT2D eigenvalue weighted by Crippen LogP contribution is -2.48. The molecule has 0 bridgehead atoms. The van der Waals surface area contributed by atoms with E-state index in [0.717, 1.165) is 11.0 Å². The summed E-state index contributed by atoms with van der Waals surface area (Å²) in [5.74, 6) is 0.399. The van der Waals surface area contributed by atoms with Crippen LogP contribution in [0.3, 0.4) is 0 Å². The first-order chi connectivity index (χ1) is 17.9. The highest BCUT2D eigenvalue weighted by atomic mass is 28.4. The highest BCUT2D eigenvalue weighted by molar-refractivity contribution is 6.74. The Hall–Kier alpha value is -2.32. The lowest BCUT2D eigenvalue weighted by molar-refractivity contribution is -0.0411. The average Bonchev–Trinajstić information content (AvgIpc) is 3.40. The molecule has 9 nitrogen and oxygen atoms in total. The van der Waals surface area contributed by atoms with Crippen molar-refractivity contribution < 1.29 is 13.6 Å². The van der Waals surface area contributed by atoms with E-state index in [2.05, 4.69) is 82.7 Å². The molecule has 3 atom stereocenters. The summed E-state index contributed by atoms with van der Waals surface area (Å²) in [6.07, 6.45) is 0.828. The minimum Gasteiger partial charge on any atom is -0.414 e. The van der Waals surface area contributed by atoms with E-state index in [-0.39, 0.29) is 27.8 Å². The summed E-state index contributed by atoms with van der Waals surface area (Å²) < 4.78 is 21.4. The average molecular weight is 573 g/mol. The lowest BCUT2D eigenvalue weighted by Gasteiger charge is -2.40. The van der Waals surface area contributed by atoms with Crippen LogP contribution in [0.2, 0.25) is 36.3 Å². The van der Waals surface area contributed by atoms with Crippen LogP contribution in [0.5, 0.6) is 0 Å². The van der Waals surface area contributed by atoms with Gasteiger partial charge in [-0.15, -0.1) is 0 Å². The summed E-state index contributed by atoms with van der Waals surface area (Å²) in [6.45, 7) is 22.5. The molecule has 2 aromatic heterocycles. The standard InChI is InChI=1S/C28H44N4O5Si2/c1-27(2,3)38(7,8)35-17-22-21(37-39(9,10)28(4,5)6)15-23(36-22)32-16-18(25(33)31-26(32)34)24-29-19-13-11-12-14-20(19)30-24/h11-14,16,21-23H,15,17H2,1-10H3,(H,29,30)(H,31,33,34)/t21-,22+,23+/m0/s1. The Bertz CT molecular complexity index is 1410. The molecule has 3 aromatic rings. The number of hydrogen-bond acceptors (Lipinski definition) is 6. The minimum atomic E-state index is -2.14. The van der Waals surface area contributed by atoms with E-state index < -0.39 is 34.1 Å². The summed E-state index contributed by atoms with van der Waals surface area (Å²) in [6, 6.07) is 7.55. The van der Waals surface area contributed by atoms with Gasteiger partial charge in [-0.3, -0.25) is 14.3 Å². The van der Waals surface area contributed by atoms with Crippen LogP contribution in [0.4, 0.5) is 0 Å². The second-order valence-electron chi connectivity index (χ2n) is 13.7.